The van der Waals surface area contributed by atoms with Gasteiger partial charge in [-0.3, -0.25) is 0 Å². The number of carbonyl (C=O) groups excluding carboxylic acids is 1. The third-order valence-electron chi connectivity index (χ3n) is 9.70. The lowest BCUT2D eigenvalue weighted by Crippen LogP contribution is -1.91. The van der Waals surface area contributed by atoms with Gasteiger partial charge in [-0.25, -0.2) is 4.79 Å². The van der Waals surface area contributed by atoms with Crippen LogP contribution < -0.4 is 0 Å². The van der Waals surface area contributed by atoms with E-state index in [9.17, 15) is 4.79 Å². The second-order valence-electron chi connectivity index (χ2n) is 14.4. The summed E-state index contributed by atoms with van der Waals surface area (Å²) >= 11 is 0. The molecule has 0 aromatic heterocycles. The van der Waals surface area contributed by atoms with E-state index < -0.39 is 0 Å². The molecular formula is C43H80O2. The molecule has 0 aromatic carbocycles. The van der Waals surface area contributed by atoms with Gasteiger partial charge in [0.05, 0.1) is 6.61 Å². The molecule has 0 atom stereocenters. The van der Waals surface area contributed by atoms with Gasteiger partial charge in [-0.15, -0.1) is 5.73 Å². The zero-order valence-corrected chi connectivity index (χ0v) is 31.1. The molecule has 0 unspecified atom stereocenters. The number of unbranched alkanes of at least 4 members (excludes halogenated alkanes) is 29. The maximum Gasteiger partial charge on any atom is 0.125 e. The molecule has 0 aliphatic carbocycles. The number of aliphatic hydroxyl groups is 1. The van der Waals surface area contributed by atoms with Crippen molar-refractivity contribution in [3.8, 4) is 0 Å². The Hall–Kier alpha value is -1.07. The Labute approximate surface area is 283 Å². The molecule has 45 heavy (non-hydrogen) atoms. The Bertz CT molecular complexity index is 722. The standard InChI is InChI=1S/C43H80O2/c1-4-5-6-7-8-9-10-11-12-14-17-20-23-26-29-32-35-41(2)38-42(3)36-33-30-27-24-21-18-15-13-16-19-22-25-28-31-34-37-43(39-44)40-45/h44H,4-37,39H2,1-3H3. The van der Waals surface area contributed by atoms with Crippen LogP contribution in [0.15, 0.2) is 22.5 Å². The minimum atomic E-state index is -0.127. The third kappa shape index (κ3) is 35.6. The summed E-state index contributed by atoms with van der Waals surface area (Å²) in [6.45, 7) is 6.76. The molecule has 0 radical (unpaired) electrons. The summed E-state index contributed by atoms with van der Waals surface area (Å²) in [7, 11) is 0. The Balaban J connectivity index is 3.42. The van der Waals surface area contributed by atoms with Crippen LogP contribution in [0.2, 0.25) is 0 Å². The summed E-state index contributed by atoms with van der Waals surface area (Å²) in [4.78, 5) is 10.5. The van der Waals surface area contributed by atoms with Crippen molar-refractivity contribution in [1.82, 2.24) is 0 Å². The molecular weight excluding hydrogens is 548 g/mol. The highest BCUT2D eigenvalue weighted by molar-refractivity contribution is 5.52. The van der Waals surface area contributed by atoms with Gasteiger partial charge < -0.3 is 5.11 Å². The topological polar surface area (TPSA) is 37.3 Å². The number of aliphatic hydroxyl groups excluding tert-OH is 1. The van der Waals surface area contributed by atoms with Gasteiger partial charge in [-0.1, -0.05) is 187 Å². The lowest BCUT2D eigenvalue weighted by atomic mass is 10.0. The molecule has 0 aromatic rings. The fourth-order valence-corrected chi connectivity index (χ4v) is 6.62. The van der Waals surface area contributed by atoms with Gasteiger partial charge in [0.2, 0.25) is 0 Å². The Morgan fingerprint density at radius 3 is 0.889 bits per heavy atom. The quantitative estimate of drug-likeness (QED) is 0.0426. The lowest BCUT2D eigenvalue weighted by Gasteiger charge is -2.04. The first kappa shape index (κ1) is 43.9. The second-order valence-corrected chi connectivity index (χ2v) is 14.4. The molecule has 0 rings (SSSR count). The fraction of sp³-hybridized carbons (Fsp3) is 0.884. The van der Waals surface area contributed by atoms with Crippen molar-refractivity contribution in [3.63, 3.8) is 0 Å². The Morgan fingerprint density at radius 1 is 0.400 bits per heavy atom. The molecule has 2 heteroatoms. The highest BCUT2D eigenvalue weighted by Crippen LogP contribution is 2.18. The molecule has 0 heterocycles. The predicted molar refractivity (Wildman–Crippen MR) is 201 cm³/mol. The van der Waals surface area contributed by atoms with Gasteiger partial charge in [0.1, 0.15) is 5.94 Å². The molecule has 0 spiro atoms. The molecule has 1 N–H and O–H groups in total. The van der Waals surface area contributed by atoms with Crippen molar-refractivity contribution in [2.45, 2.75) is 239 Å². The van der Waals surface area contributed by atoms with Gasteiger partial charge in [0, 0.05) is 5.57 Å². The van der Waals surface area contributed by atoms with Gasteiger partial charge >= 0.3 is 0 Å². The summed E-state index contributed by atoms with van der Waals surface area (Å²) in [6, 6.07) is 0. The van der Waals surface area contributed by atoms with Crippen LogP contribution in [0, 0.1) is 0 Å². The largest absolute Gasteiger partial charge is 0.391 e. The van der Waals surface area contributed by atoms with E-state index in [1.807, 2.05) is 5.94 Å². The predicted octanol–water partition coefficient (Wildman–Crippen LogP) is 14.5. The molecule has 0 saturated heterocycles. The maximum atomic E-state index is 10.5. The average Bonchev–Trinajstić information content (AvgIpc) is 3.04. The van der Waals surface area contributed by atoms with Crippen LogP contribution in [0.1, 0.15) is 239 Å². The Morgan fingerprint density at radius 2 is 0.644 bits per heavy atom. The van der Waals surface area contributed by atoms with Crippen LogP contribution in [0.5, 0.6) is 0 Å². The Kier molecular flexibility index (Phi) is 36.5. The second kappa shape index (κ2) is 37.4. The molecule has 0 aliphatic heterocycles. The van der Waals surface area contributed by atoms with E-state index in [0.29, 0.717) is 12.0 Å². The van der Waals surface area contributed by atoms with E-state index in [2.05, 4.69) is 26.5 Å². The van der Waals surface area contributed by atoms with Crippen LogP contribution in [0.4, 0.5) is 0 Å². The highest BCUT2D eigenvalue weighted by Gasteiger charge is 1.99. The van der Waals surface area contributed by atoms with Crippen LogP contribution in [-0.2, 0) is 4.79 Å². The van der Waals surface area contributed by atoms with E-state index in [1.165, 1.54) is 210 Å². The minimum absolute atomic E-state index is 0.127. The monoisotopic (exact) mass is 629 g/mol. The number of rotatable bonds is 36. The van der Waals surface area contributed by atoms with E-state index >= 15 is 0 Å². The van der Waals surface area contributed by atoms with Gasteiger partial charge in [-0.2, -0.15) is 0 Å². The molecule has 0 fully saturated rings. The molecule has 2 nitrogen and oxygen atoms in total. The van der Waals surface area contributed by atoms with E-state index in [1.54, 1.807) is 0 Å². The van der Waals surface area contributed by atoms with Crippen molar-refractivity contribution in [2.24, 2.45) is 0 Å². The summed E-state index contributed by atoms with van der Waals surface area (Å²) in [5.74, 6) is 1.84. The summed E-state index contributed by atoms with van der Waals surface area (Å²) < 4.78 is 0. The first-order chi connectivity index (χ1) is 22.1. The van der Waals surface area contributed by atoms with Crippen LogP contribution in [0.25, 0.3) is 0 Å². The number of hydrogen-bond acceptors (Lipinski definition) is 2. The van der Waals surface area contributed by atoms with Gasteiger partial charge in [-0.05, 0) is 63.5 Å². The van der Waals surface area contributed by atoms with E-state index in [-0.39, 0.29) is 6.61 Å². The van der Waals surface area contributed by atoms with Gasteiger partial charge in [0.25, 0.3) is 0 Å². The SMILES string of the molecule is CCCCCCCCCCCCCCCCCCC(C)=C=C(C)CCCCCCCCCCCCCCCCCC(=C=O)CO. The lowest BCUT2D eigenvalue weighted by molar-refractivity contribution is 0.326. The number of hydrogen-bond donors (Lipinski definition) is 1. The van der Waals surface area contributed by atoms with Gasteiger partial charge in [0.15, 0.2) is 0 Å². The van der Waals surface area contributed by atoms with E-state index in [0.717, 1.165) is 12.8 Å². The first-order valence-electron chi connectivity index (χ1n) is 20.4. The smallest absolute Gasteiger partial charge is 0.125 e. The summed E-state index contributed by atoms with van der Waals surface area (Å²) in [6.07, 6.45) is 46.2. The molecule has 0 bridgehead atoms. The van der Waals surface area contributed by atoms with Crippen molar-refractivity contribution in [2.75, 3.05) is 6.61 Å². The highest BCUT2D eigenvalue weighted by atomic mass is 16.3. The van der Waals surface area contributed by atoms with Crippen molar-refractivity contribution in [1.29, 1.82) is 0 Å². The molecule has 264 valence electrons. The van der Waals surface area contributed by atoms with Crippen LogP contribution in [-0.4, -0.2) is 17.7 Å². The molecule has 0 amide bonds. The maximum absolute atomic E-state index is 10.5. The van der Waals surface area contributed by atoms with E-state index in [4.69, 9.17) is 5.11 Å². The minimum Gasteiger partial charge on any atom is -0.391 e. The van der Waals surface area contributed by atoms with Crippen molar-refractivity contribution in [3.05, 3.63) is 22.5 Å². The molecule has 0 saturated carbocycles. The number of allylic oxidation sites excluding steroid dienone is 1. The van der Waals surface area contributed by atoms with Crippen molar-refractivity contribution >= 4 is 5.94 Å². The normalized spacial score (nSPS) is 11.0. The first-order valence-corrected chi connectivity index (χ1v) is 20.4. The van der Waals surface area contributed by atoms with Crippen LogP contribution in [0.3, 0.4) is 0 Å². The fourth-order valence-electron chi connectivity index (χ4n) is 6.62. The zero-order chi connectivity index (χ0) is 32.9. The summed E-state index contributed by atoms with van der Waals surface area (Å²) in [5.41, 5.74) is 7.17. The zero-order valence-electron chi connectivity index (χ0n) is 31.1. The van der Waals surface area contributed by atoms with Crippen LogP contribution >= 0.6 is 0 Å². The third-order valence-corrected chi connectivity index (χ3v) is 9.70. The summed E-state index contributed by atoms with van der Waals surface area (Å²) in [5, 5.41) is 8.97. The average molecular weight is 629 g/mol. The van der Waals surface area contributed by atoms with Crippen molar-refractivity contribution < 1.29 is 9.90 Å². The molecule has 0 aliphatic rings.